The maximum absolute atomic E-state index is 4.39. The Morgan fingerprint density at radius 3 is 1.66 bits per heavy atom. The molecule has 0 unspecified atom stereocenters. The van der Waals surface area contributed by atoms with Crippen LogP contribution in [0.25, 0.3) is 0 Å². The molecule has 0 spiro atoms. The molecule has 10 heteroatoms. The quantitative estimate of drug-likeness (QED) is 0.196. The highest BCUT2D eigenvalue weighted by Gasteiger charge is 2.12. The fourth-order valence-electron chi connectivity index (χ4n) is 3.52. The molecule has 0 aliphatic heterocycles. The van der Waals surface area contributed by atoms with Crippen molar-refractivity contribution in [2.24, 2.45) is 41.6 Å². The topological polar surface area (TPSA) is 91.1 Å². The van der Waals surface area contributed by atoms with Crippen molar-refractivity contribution in [1.29, 1.82) is 0 Å². The Hall–Kier alpha value is -4.34. The molecular weight excluding hydrogens is 440 g/mol. The van der Waals surface area contributed by atoms with Crippen LogP contribution < -0.4 is 19.8 Å². The van der Waals surface area contributed by atoms with Crippen molar-refractivity contribution in [1.82, 2.24) is 9.13 Å². The Bertz CT molecular complexity index is 1280. The number of azo groups is 2. The van der Waals surface area contributed by atoms with Gasteiger partial charge in [0.05, 0.1) is 52.5 Å². The average molecular weight is 473 g/mol. The molecule has 2 aromatic heterocycles. The first kappa shape index (κ1) is 23.8. The number of aromatic nitrogens is 4. The maximum atomic E-state index is 4.39. The molecule has 0 saturated carbocycles. The molecule has 2 aromatic carbocycles. The van der Waals surface area contributed by atoms with E-state index in [0.29, 0.717) is 0 Å². The lowest BCUT2D eigenvalue weighted by molar-refractivity contribution is -0.657. The van der Waals surface area contributed by atoms with Crippen LogP contribution in [0.5, 0.6) is 0 Å². The summed E-state index contributed by atoms with van der Waals surface area (Å²) in [5, 5.41) is 24.2. The highest BCUT2D eigenvalue weighted by atomic mass is 15.3. The van der Waals surface area contributed by atoms with Gasteiger partial charge in [-0.15, -0.1) is 0 Å². The maximum Gasteiger partial charge on any atom is 0.421 e. The van der Waals surface area contributed by atoms with E-state index in [2.05, 4.69) is 42.6 Å². The van der Waals surface area contributed by atoms with E-state index in [0.717, 1.165) is 54.3 Å². The minimum absolute atomic E-state index is 0.784. The number of benzene rings is 2. The van der Waals surface area contributed by atoms with Gasteiger partial charge in [-0.1, -0.05) is 10.2 Å². The summed E-state index contributed by atoms with van der Waals surface area (Å²) >= 11 is 0. The summed E-state index contributed by atoms with van der Waals surface area (Å²) in [6, 6.07) is 15.9. The van der Waals surface area contributed by atoms with E-state index in [9.17, 15) is 0 Å². The van der Waals surface area contributed by atoms with Gasteiger partial charge in [0.1, 0.15) is 11.4 Å². The number of aryl methyl sites for hydroxylation is 4. The van der Waals surface area contributed by atoms with Gasteiger partial charge in [-0.3, -0.25) is 0 Å². The molecule has 0 radical (unpaired) electrons. The lowest BCUT2D eigenvalue weighted by atomic mass is 10.3. The largest absolute Gasteiger partial charge is 0.421 e. The first-order valence-corrected chi connectivity index (χ1v) is 11.6. The number of hydrogen-bond donors (Lipinski definition) is 2. The lowest BCUT2D eigenvalue weighted by Crippen LogP contribution is -2.25. The Morgan fingerprint density at radius 2 is 1.17 bits per heavy atom. The van der Waals surface area contributed by atoms with Gasteiger partial charge in [0.25, 0.3) is 0 Å². The highest BCUT2D eigenvalue weighted by Crippen LogP contribution is 2.20. The molecule has 2 heterocycles. The number of anilines is 2. The fourth-order valence-corrected chi connectivity index (χ4v) is 3.52. The second-order valence-electron chi connectivity index (χ2n) is 8.16. The van der Waals surface area contributed by atoms with Gasteiger partial charge in [0, 0.05) is 34.7 Å². The van der Waals surface area contributed by atoms with Crippen molar-refractivity contribution < 1.29 is 9.13 Å². The Morgan fingerprint density at radius 1 is 0.686 bits per heavy atom. The van der Waals surface area contributed by atoms with E-state index in [1.54, 1.807) is 0 Å². The van der Waals surface area contributed by atoms with E-state index in [-0.39, 0.29) is 0 Å². The van der Waals surface area contributed by atoms with Crippen molar-refractivity contribution in [3.63, 3.8) is 0 Å². The summed E-state index contributed by atoms with van der Waals surface area (Å²) in [7, 11) is 5.86. The normalized spacial score (nSPS) is 11.5. The van der Waals surface area contributed by atoms with Crippen molar-refractivity contribution in [2.75, 3.05) is 23.7 Å². The van der Waals surface area contributed by atoms with E-state index in [1.165, 1.54) is 0 Å². The summed E-state index contributed by atoms with van der Waals surface area (Å²) in [4.78, 5) is 0. The molecule has 10 nitrogen and oxygen atoms in total. The average Bonchev–Trinajstić information content (AvgIpc) is 3.40. The molecule has 0 aliphatic rings. The van der Waals surface area contributed by atoms with Crippen LogP contribution in [0.15, 0.2) is 93.8 Å². The standard InChI is InChI=1S/C25H30N10/c1-5-35-19-18-34(4)25(35)31-29-23-12-8-21(9-13-23)27-15-14-26-20-6-10-22(11-7-20)28-30-24-32(2)16-17-33(24)3/h6-13,16-19H,5,14-15H2,1-4H3/p+2. The van der Waals surface area contributed by atoms with Crippen molar-refractivity contribution in [3.8, 4) is 0 Å². The monoisotopic (exact) mass is 472 g/mol. The number of nitrogens with one attached hydrogen (secondary N) is 2. The zero-order chi connectivity index (χ0) is 24.6. The van der Waals surface area contributed by atoms with Gasteiger partial charge in [-0.05, 0) is 55.5 Å². The third-order valence-corrected chi connectivity index (χ3v) is 5.56. The first-order chi connectivity index (χ1) is 17.0. The Labute approximate surface area is 205 Å². The number of hydrogen-bond acceptors (Lipinski definition) is 6. The third kappa shape index (κ3) is 6.17. The van der Waals surface area contributed by atoms with E-state index >= 15 is 0 Å². The van der Waals surface area contributed by atoms with Crippen LogP contribution >= 0.6 is 0 Å². The van der Waals surface area contributed by atoms with Crippen molar-refractivity contribution in [3.05, 3.63) is 73.3 Å². The predicted molar refractivity (Wildman–Crippen MR) is 136 cm³/mol. The van der Waals surface area contributed by atoms with Crippen LogP contribution in [-0.2, 0) is 27.7 Å². The molecule has 180 valence electrons. The van der Waals surface area contributed by atoms with Gasteiger partial charge in [0.15, 0.2) is 0 Å². The van der Waals surface area contributed by atoms with Crippen LogP contribution in [-0.4, -0.2) is 22.2 Å². The molecule has 0 saturated heterocycles. The summed E-state index contributed by atoms with van der Waals surface area (Å²) in [6.07, 6.45) is 7.87. The van der Waals surface area contributed by atoms with Gasteiger partial charge >= 0.3 is 11.9 Å². The van der Waals surface area contributed by atoms with Crippen LogP contribution in [0.3, 0.4) is 0 Å². The Balaban J connectivity index is 1.22. The molecule has 4 rings (SSSR count). The van der Waals surface area contributed by atoms with Crippen LogP contribution in [0.1, 0.15) is 6.92 Å². The molecule has 0 bridgehead atoms. The van der Waals surface area contributed by atoms with Gasteiger partial charge in [-0.25, -0.2) is 18.3 Å². The fraction of sp³-hybridized carbons (Fsp3) is 0.280. The minimum atomic E-state index is 0.784. The number of imidazole rings is 2. The van der Waals surface area contributed by atoms with Crippen LogP contribution in [0.4, 0.5) is 34.6 Å². The molecular formula is C25H32N10+2. The molecule has 0 atom stereocenters. The van der Waals surface area contributed by atoms with E-state index in [4.69, 9.17) is 0 Å². The zero-order valence-electron chi connectivity index (χ0n) is 20.6. The smallest absolute Gasteiger partial charge is 0.383 e. The predicted octanol–water partition coefficient (Wildman–Crippen LogP) is 4.85. The third-order valence-electron chi connectivity index (χ3n) is 5.56. The molecule has 0 aliphatic carbocycles. The molecule has 35 heavy (non-hydrogen) atoms. The van der Waals surface area contributed by atoms with E-state index in [1.807, 2.05) is 108 Å². The number of rotatable bonds is 10. The summed E-state index contributed by atoms with van der Waals surface area (Å²) in [5.41, 5.74) is 3.70. The molecule has 0 amide bonds. The second-order valence-corrected chi connectivity index (χ2v) is 8.16. The summed E-state index contributed by atoms with van der Waals surface area (Å²) < 4.78 is 7.86. The van der Waals surface area contributed by atoms with Gasteiger partial charge in [0.2, 0.25) is 0 Å². The summed E-state index contributed by atoms with van der Waals surface area (Å²) in [6.45, 7) is 4.51. The number of nitrogens with zero attached hydrogens (tertiary/aromatic N) is 8. The highest BCUT2D eigenvalue weighted by molar-refractivity contribution is 5.52. The van der Waals surface area contributed by atoms with Gasteiger partial charge in [-0.2, -0.15) is 0 Å². The van der Waals surface area contributed by atoms with E-state index < -0.39 is 0 Å². The summed E-state index contributed by atoms with van der Waals surface area (Å²) in [5.74, 6) is 1.61. The SMILES string of the molecule is CCn1cc[n+](C)c1N=Nc1ccc(NCCNc2ccc(N=Nc3n(C)cc[n+]3C)cc2)cc1. The molecule has 0 fully saturated rings. The van der Waals surface area contributed by atoms with Crippen LogP contribution in [0.2, 0.25) is 0 Å². The van der Waals surface area contributed by atoms with Crippen molar-refractivity contribution >= 4 is 34.6 Å². The molecule has 2 N–H and O–H groups in total. The van der Waals surface area contributed by atoms with Gasteiger partial charge < -0.3 is 10.6 Å². The lowest BCUT2D eigenvalue weighted by Gasteiger charge is -2.09. The minimum Gasteiger partial charge on any atom is -0.383 e. The van der Waals surface area contributed by atoms with Crippen LogP contribution in [0, 0.1) is 0 Å². The zero-order valence-corrected chi connectivity index (χ0v) is 20.6. The Kier molecular flexibility index (Phi) is 7.61. The first-order valence-electron chi connectivity index (χ1n) is 11.6. The molecule has 4 aromatic rings. The second kappa shape index (κ2) is 11.2. The van der Waals surface area contributed by atoms with Crippen molar-refractivity contribution in [2.45, 2.75) is 13.5 Å².